The number of para-hydroxylation sites is 2. The van der Waals surface area contributed by atoms with Crippen molar-refractivity contribution < 1.29 is 24.5 Å². The molecule has 1 aliphatic heterocycles. The first kappa shape index (κ1) is 30.3. The summed E-state index contributed by atoms with van der Waals surface area (Å²) in [6.07, 6.45) is 9.48. The molecular weight excluding hydrogens is 743 g/mol. The van der Waals surface area contributed by atoms with E-state index in [4.69, 9.17) is 9.40 Å². The first-order valence-electron chi connectivity index (χ1n) is 15.9. The molecule has 4 nitrogen and oxygen atoms in total. The molecule has 1 saturated carbocycles. The van der Waals surface area contributed by atoms with Gasteiger partial charge in [0.15, 0.2) is 0 Å². The number of furan rings is 1. The van der Waals surface area contributed by atoms with Crippen molar-refractivity contribution in [1.82, 2.24) is 14.5 Å². The molecule has 1 radical (unpaired) electrons. The van der Waals surface area contributed by atoms with Gasteiger partial charge in [0.25, 0.3) is 0 Å². The van der Waals surface area contributed by atoms with Crippen molar-refractivity contribution in [2.24, 2.45) is 0 Å². The van der Waals surface area contributed by atoms with Crippen LogP contribution in [0.25, 0.3) is 61.7 Å². The summed E-state index contributed by atoms with van der Waals surface area (Å²) >= 11 is 0. The summed E-state index contributed by atoms with van der Waals surface area (Å²) in [6.45, 7) is 6.70. The zero-order valence-corrected chi connectivity index (χ0v) is 28.7. The van der Waals surface area contributed by atoms with Gasteiger partial charge in [0.1, 0.15) is 5.58 Å². The molecule has 0 amide bonds. The van der Waals surface area contributed by atoms with Gasteiger partial charge < -0.3 is 14.0 Å². The van der Waals surface area contributed by atoms with Crippen LogP contribution in [0.5, 0.6) is 0 Å². The second-order valence-electron chi connectivity index (χ2n) is 12.8. The van der Waals surface area contributed by atoms with E-state index in [0.29, 0.717) is 5.92 Å². The van der Waals surface area contributed by atoms with Gasteiger partial charge in [-0.15, -0.1) is 54.1 Å². The molecule has 0 bridgehead atoms. The van der Waals surface area contributed by atoms with E-state index in [1.54, 1.807) is 0 Å². The number of allylic oxidation sites excluding steroid dienone is 1. The van der Waals surface area contributed by atoms with Crippen molar-refractivity contribution in [1.29, 1.82) is 0 Å². The number of aromatic nitrogens is 3. The summed E-state index contributed by atoms with van der Waals surface area (Å²) in [5.74, 6) is 1.68. The molecule has 0 unspecified atom stereocenters. The summed E-state index contributed by atoms with van der Waals surface area (Å²) in [6, 6.07) is 37.7. The van der Waals surface area contributed by atoms with Gasteiger partial charge in [-0.25, -0.2) is 0 Å². The Hall–Kier alpha value is -4.31. The minimum atomic E-state index is -0.0812. The average Bonchev–Trinajstić information content (AvgIpc) is 3.83. The van der Waals surface area contributed by atoms with Crippen LogP contribution in [0, 0.1) is 12.1 Å². The zero-order valence-electron chi connectivity index (χ0n) is 26.3. The first-order chi connectivity index (χ1) is 22.0. The van der Waals surface area contributed by atoms with Gasteiger partial charge in [0, 0.05) is 31.7 Å². The minimum Gasteiger partial charge on any atom is -0.501 e. The van der Waals surface area contributed by atoms with Crippen molar-refractivity contribution in [2.45, 2.75) is 57.9 Å². The summed E-state index contributed by atoms with van der Waals surface area (Å²) in [5, 5.41) is 2.28. The SMILES string of the molecule is CC1=Cc2cccc3nc(-c4[c-]cccc4)n(c23)C1(C)C.[Ir].[c-]1ccc2c(oc3ccccc32)c1-c1cc(C2CCCC2)ccn1. The number of fused-ring (bicyclic) bond motifs is 3. The normalized spacial score (nSPS) is 15.4. The molecule has 1 aliphatic carbocycles. The molecule has 1 fully saturated rings. The third-order valence-electron chi connectivity index (χ3n) is 9.76. The van der Waals surface area contributed by atoms with Crippen molar-refractivity contribution in [3.63, 3.8) is 0 Å². The smallest absolute Gasteiger partial charge is 0.120 e. The van der Waals surface area contributed by atoms with E-state index in [0.717, 1.165) is 50.1 Å². The van der Waals surface area contributed by atoms with Gasteiger partial charge in [-0.3, -0.25) is 4.98 Å². The first-order valence-corrected chi connectivity index (χ1v) is 15.9. The van der Waals surface area contributed by atoms with Crippen molar-refractivity contribution >= 4 is 39.0 Å². The van der Waals surface area contributed by atoms with E-state index in [1.807, 2.05) is 48.7 Å². The monoisotopic (exact) mass is 778 g/mol. The maximum atomic E-state index is 6.13. The quantitative estimate of drug-likeness (QED) is 0.168. The Morgan fingerprint density at radius 1 is 0.870 bits per heavy atom. The molecule has 7 aromatic rings. The fourth-order valence-corrected chi connectivity index (χ4v) is 7.09. The Bertz CT molecular complexity index is 2220. The van der Waals surface area contributed by atoms with Crippen LogP contribution in [0.1, 0.15) is 63.5 Å². The number of benzene rings is 4. The van der Waals surface area contributed by atoms with E-state index in [-0.39, 0.29) is 25.6 Å². The molecule has 4 heterocycles. The summed E-state index contributed by atoms with van der Waals surface area (Å²) < 4.78 is 8.49. The third-order valence-corrected chi connectivity index (χ3v) is 9.76. The Morgan fingerprint density at radius 2 is 1.70 bits per heavy atom. The fraction of sp³-hybridized carbons (Fsp3) is 0.220. The van der Waals surface area contributed by atoms with Crippen LogP contribution >= 0.6 is 0 Å². The predicted molar refractivity (Wildman–Crippen MR) is 184 cm³/mol. The van der Waals surface area contributed by atoms with Gasteiger partial charge in [0.2, 0.25) is 0 Å². The molecule has 231 valence electrons. The maximum Gasteiger partial charge on any atom is 0.120 e. The molecule has 5 heteroatoms. The number of nitrogens with zero attached hydrogens (tertiary/aromatic N) is 3. The molecule has 0 atom stereocenters. The van der Waals surface area contributed by atoms with E-state index in [1.165, 1.54) is 47.9 Å². The number of hydrogen-bond acceptors (Lipinski definition) is 3. The molecule has 9 rings (SSSR count). The Labute approximate surface area is 283 Å². The molecule has 4 aromatic carbocycles. The van der Waals surface area contributed by atoms with Crippen LogP contribution in [0.3, 0.4) is 0 Å². The van der Waals surface area contributed by atoms with Gasteiger partial charge in [-0.05, 0) is 74.6 Å². The van der Waals surface area contributed by atoms with Gasteiger partial charge >= 0.3 is 0 Å². The standard InChI is InChI=1S/C22H18NO.C19H17N2.Ir/c1-2-7-15(6-1)16-12-13-23-20(14-16)19-10-5-9-18-17-8-3-4-11-21(17)24-22(18)19;1-13-12-15-10-7-11-16-17(15)21(19(13,2)3)18(20-16)14-8-5-4-6-9-14;/h3-5,8-9,11-15H,1-2,6-7H2;4-8,10-12H,1-3H3;/q2*-1;. The van der Waals surface area contributed by atoms with E-state index in [9.17, 15) is 0 Å². The number of rotatable bonds is 3. The fourth-order valence-electron chi connectivity index (χ4n) is 7.09. The van der Waals surface area contributed by atoms with E-state index < -0.39 is 0 Å². The predicted octanol–water partition coefficient (Wildman–Crippen LogP) is 10.8. The second kappa shape index (κ2) is 12.1. The molecule has 0 spiro atoms. The molecular formula is C41H35IrN3O-2. The summed E-state index contributed by atoms with van der Waals surface area (Å²) in [7, 11) is 0. The average molecular weight is 778 g/mol. The van der Waals surface area contributed by atoms with E-state index >= 15 is 0 Å². The summed E-state index contributed by atoms with van der Waals surface area (Å²) in [5.41, 5.74) is 11.0. The maximum absolute atomic E-state index is 6.13. The van der Waals surface area contributed by atoms with Gasteiger partial charge in [-0.1, -0.05) is 71.8 Å². The van der Waals surface area contributed by atoms with Crippen LogP contribution in [0.2, 0.25) is 0 Å². The Morgan fingerprint density at radius 3 is 2.52 bits per heavy atom. The van der Waals surface area contributed by atoms with Gasteiger partial charge in [-0.2, -0.15) is 0 Å². The Balaban J connectivity index is 0.000000145. The molecule has 3 aromatic heterocycles. The molecule has 0 saturated heterocycles. The number of imidazole rings is 1. The molecule has 46 heavy (non-hydrogen) atoms. The second-order valence-corrected chi connectivity index (χ2v) is 12.8. The van der Waals surface area contributed by atoms with Crippen LogP contribution in [-0.4, -0.2) is 14.5 Å². The Kier molecular flexibility index (Phi) is 8.00. The van der Waals surface area contributed by atoms with Gasteiger partial charge in [0.05, 0.1) is 28.0 Å². The number of pyridine rings is 1. The largest absolute Gasteiger partial charge is 0.501 e. The molecule has 0 N–H and O–H groups in total. The summed E-state index contributed by atoms with van der Waals surface area (Å²) in [4.78, 5) is 9.49. The third kappa shape index (κ3) is 5.12. The van der Waals surface area contributed by atoms with Crippen molar-refractivity contribution in [2.75, 3.05) is 0 Å². The van der Waals surface area contributed by atoms with E-state index in [2.05, 4.69) is 97.1 Å². The van der Waals surface area contributed by atoms with Crippen LogP contribution in [-0.2, 0) is 25.6 Å². The van der Waals surface area contributed by atoms with Crippen molar-refractivity contribution in [3.05, 3.63) is 126 Å². The van der Waals surface area contributed by atoms with Crippen LogP contribution in [0.4, 0.5) is 0 Å². The minimum absolute atomic E-state index is 0. The topological polar surface area (TPSA) is 43.9 Å². The zero-order chi connectivity index (χ0) is 30.5. The van der Waals surface area contributed by atoms with Crippen LogP contribution < -0.4 is 0 Å². The molecule has 2 aliphatic rings. The van der Waals surface area contributed by atoms with Crippen LogP contribution in [0.15, 0.2) is 107 Å². The van der Waals surface area contributed by atoms with Crippen molar-refractivity contribution in [3.8, 4) is 22.6 Å². The number of hydrogen-bond donors (Lipinski definition) is 0.